The Balaban J connectivity index is 2.03. The lowest BCUT2D eigenvalue weighted by Crippen LogP contribution is -2.28. The highest BCUT2D eigenvalue weighted by Gasteiger charge is 2.31. The van der Waals surface area contributed by atoms with Gasteiger partial charge in [0.25, 0.3) is 5.56 Å². The molecule has 1 aliphatic rings. The molecule has 0 spiro atoms. The van der Waals surface area contributed by atoms with E-state index in [0.29, 0.717) is 32.9 Å². The van der Waals surface area contributed by atoms with Gasteiger partial charge in [0.05, 0.1) is 16.2 Å². The Morgan fingerprint density at radius 2 is 2.00 bits per heavy atom. The molecule has 0 saturated heterocycles. The quantitative estimate of drug-likeness (QED) is 0.645. The average Bonchev–Trinajstić information content (AvgIpc) is 3.40. The van der Waals surface area contributed by atoms with Crippen molar-refractivity contribution in [2.24, 2.45) is 5.92 Å². The molecule has 1 saturated carbocycles. The Hall–Kier alpha value is -1.91. The lowest BCUT2D eigenvalue weighted by Gasteiger charge is -2.19. The zero-order valence-corrected chi connectivity index (χ0v) is 15.5. The molecule has 0 radical (unpaired) electrons. The second-order valence-electron chi connectivity index (χ2n) is 6.60. The molecule has 25 heavy (non-hydrogen) atoms. The van der Waals surface area contributed by atoms with E-state index in [-0.39, 0.29) is 11.6 Å². The van der Waals surface area contributed by atoms with E-state index in [1.807, 2.05) is 16.7 Å². The maximum absolute atomic E-state index is 12.8. The molecular weight excluding hydrogens is 357 g/mol. The van der Waals surface area contributed by atoms with E-state index in [9.17, 15) is 4.79 Å². The van der Waals surface area contributed by atoms with Gasteiger partial charge < -0.3 is 4.57 Å². The van der Waals surface area contributed by atoms with Crippen LogP contribution in [0, 0.1) is 12.8 Å². The third kappa shape index (κ3) is 2.83. The third-order valence-corrected chi connectivity index (χ3v) is 5.42. The molecule has 2 heterocycles. The summed E-state index contributed by atoms with van der Waals surface area (Å²) in [5.74, 6) is 0.554. The normalized spacial score (nSPS) is 15.5. The number of benzene rings is 1. The minimum atomic E-state index is -0.0359. The van der Waals surface area contributed by atoms with Crippen LogP contribution in [0.25, 0.3) is 22.3 Å². The van der Waals surface area contributed by atoms with Crippen LogP contribution in [0.4, 0.5) is 0 Å². The molecule has 1 atom stereocenters. The summed E-state index contributed by atoms with van der Waals surface area (Å²) >= 11 is 12.4. The summed E-state index contributed by atoms with van der Waals surface area (Å²) in [6, 6.07) is 7.30. The molecular formula is C19H17Cl2N3O. The van der Waals surface area contributed by atoms with E-state index >= 15 is 0 Å². The van der Waals surface area contributed by atoms with Gasteiger partial charge in [-0.25, -0.2) is 4.98 Å². The topological polar surface area (TPSA) is 47.8 Å². The molecule has 0 aliphatic heterocycles. The number of pyridine rings is 1. The molecule has 0 bridgehead atoms. The van der Waals surface area contributed by atoms with E-state index in [1.54, 1.807) is 25.3 Å². The molecule has 6 heteroatoms. The minimum absolute atomic E-state index is 0.0359. The fourth-order valence-electron chi connectivity index (χ4n) is 3.32. The van der Waals surface area contributed by atoms with Crippen LogP contribution in [0.15, 0.2) is 35.3 Å². The van der Waals surface area contributed by atoms with Gasteiger partial charge in [-0.3, -0.25) is 9.78 Å². The molecule has 2 aromatic heterocycles. The number of nitrogens with zero attached hydrogens (tertiary/aromatic N) is 3. The van der Waals surface area contributed by atoms with Crippen molar-refractivity contribution in [3.05, 3.63) is 56.6 Å². The monoisotopic (exact) mass is 373 g/mol. The summed E-state index contributed by atoms with van der Waals surface area (Å²) in [5.41, 5.74) is 3.35. The Labute approximate surface area is 155 Å². The Morgan fingerprint density at radius 1 is 1.24 bits per heavy atom. The minimum Gasteiger partial charge on any atom is -0.302 e. The van der Waals surface area contributed by atoms with E-state index in [0.717, 1.165) is 23.9 Å². The van der Waals surface area contributed by atoms with Crippen LogP contribution < -0.4 is 5.56 Å². The standard InChI is InChI=1S/C19H17Cl2N3O/c1-10-19(25)24(11(2)12-3-4-12)16-7-8-22-17(18(16)23-10)14-6-5-13(20)9-15(14)21/h5-9,11-12H,3-4H2,1-2H3/t11-/m0/s1. The fraction of sp³-hybridized carbons (Fsp3) is 0.316. The first kappa shape index (κ1) is 16.6. The van der Waals surface area contributed by atoms with Gasteiger partial charge in [-0.2, -0.15) is 0 Å². The first-order valence-corrected chi connectivity index (χ1v) is 9.06. The Kier molecular flexibility index (Phi) is 4.05. The van der Waals surface area contributed by atoms with Crippen molar-refractivity contribution in [2.45, 2.75) is 32.7 Å². The van der Waals surface area contributed by atoms with E-state index < -0.39 is 0 Å². The predicted molar refractivity (Wildman–Crippen MR) is 101 cm³/mol. The van der Waals surface area contributed by atoms with Crippen molar-refractivity contribution in [2.75, 3.05) is 0 Å². The molecule has 128 valence electrons. The molecule has 1 fully saturated rings. The smallest absolute Gasteiger partial charge is 0.272 e. The van der Waals surface area contributed by atoms with Crippen LogP contribution in [-0.4, -0.2) is 14.5 Å². The number of fused-ring (bicyclic) bond motifs is 1. The highest BCUT2D eigenvalue weighted by molar-refractivity contribution is 6.36. The lowest BCUT2D eigenvalue weighted by molar-refractivity contribution is 0.483. The van der Waals surface area contributed by atoms with Crippen LogP contribution in [0.2, 0.25) is 10.0 Å². The SMILES string of the molecule is Cc1nc2c(-c3ccc(Cl)cc3Cl)nccc2n([C@@H](C)C2CC2)c1=O. The van der Waals surface area contributed by atoms with Crippen LogP contribution in [-0.2, 0) is 0 Å². The number of hydrogen-bond donors (Lipinski definition) is 0. The van der Waals surface area contributed by atoms with Gasteiger partial charge in [0.15, 0.2) is 0 Å². The molecule has 4 rings (SSSR count). The van der Waals surface area contributed by atoms with E-state index in [1.165, 1.54) is 0 Å². The van der Waals surface area contributed by atoms with E-state index in [2.05, 4.69) is 16.9 Å². The highest BCUT2D eigenvalue weighted by atomic mass is 35.5. The summed E-state index contributed by atoms with van der Waals surface area (Å²) in [4.78, 5) is 21.8. The van der Waals surface area contributed by atoms with Gasteiger partial charge in [0.1, 0.15) is 11.2 Å². The summed E-state index contributed by atoms with van der Waals surface area (Å²) in [6.07, 6.45) is 4.03. The van der Waals surface area contributed by atoms with Crippen LogP contribution in [0.5, 0.6) is 0 Å². The van der Waals surface area contributed by atoms with E-state index in [4.69, 9.17) is 23.2 Å². The van der Waals surface area contributed by atoms with Crippen molar-refractivity contribution in [1.82, 2.24) is 14.5 Å². The van der Waals surface area contributed by atoms with Crippen LogP contribution in [0.1, 0.15) is 31.5 Å². The fourth-order valence-corrected chi connectivity index (χ4v) is 3.82. The molecule has 1 aliphatic carbocycles. The Morgan fingerprint density at radius 3 is 2.68 bits per heavy atom. The van der Waals surface area contributed by atoms with Gasteiger partial charge in [-0.05, 0) is 56.9 Å². The number of aryl methyl sites for hydroxylation is 1. The van der Waals surface area contributed by atoms with Crippen molar-refractivity contribution in [3.8, 4) is 11.3 Å². The van der Waals surface area contributed by atoms with Gasteiger partial charge in [0, 0.05) is 22.8 Å². The molecule has 4 nitrogen and oxygen atoms in total. The highest BCUT2D eigenvalue weighted by Crippen LogP contribution is 2.40. The largest absolute Gasteiger partial charge is 0.302 e. The third-order valence-electron chi connectivity index (χ3n) is 4.87. The molecule has 3 aromatic rings. The number of halogens is 2. The molecule has 0 unspecified atom stereocenters. The predicted octanol–water partition coefficient (Wildman–Crippen LogP) is 5.04. The average molecular weight is 374 g/mol. The number of rotatable bonds is 3. The van der Waals surface area contributed by atoms with Gasteiger partial charge in [-0.15, -0.1) is 0 Å². The van der Waals surface area contributed by atoms with Crippen LogP contribution in [0.3, 0.4) is 0 Å². The molecule has 0 N–H and O–H groups in total. The van der Waals surface area contributed by atoms with Crippen molar-refractivity contribution in [1.29, 1.82) is 0 Å². The first-order valence-electron chi connectivity index (χ1n) is 8.30. The van der Waals surface area contributed by atoms with Crippen molar-refractivity contribution >= 4 is 34.2 Å². The van der Waals surface area contributed by atoms with Crippen molar-refractivity contribution in [3.63, 3.8) is 0 Å². The van der Waals surface area contributed by atoms with Gasteiger partial charge >= 0.3 is 0 Å². The van der Waals surface area contributed by atoms with Gasteiger partial charge in [0.2, 0.25) is 0 Å². The maximum atomic E-state index is 12.8. The molecule has 1 aromatic carbocycles. The first-order chi connectivity index (χ1) is 12.0. The summed E-state index contributed by atoms with van der Waals surface area (Å²) < 4.78 is 1.87. The van der Waals surface area contributed by atoms with Crippen LogP contribution >= 0.6 is 23.2 Å². The second kappa shape index (κ2) is 6.11. The zero-order chi connectivity index (χ0) is 17.7. The Bertz CT molecular complexity index is 1040. The number of aromatic nitrogens is 3. The number of hydrogen-bond acceptors (Lipinski definition) is 3. The van der Waals surface area contributed by atoms with Gasteiger partial charge in [-0.1, -0.05) is 23.2 Å². The maximum Gasteiger partial charge on any atom is 0.272 e. The summed E-state index contributed by atoms with van der Waals surface area (Å²) in [6.45, 7) is 3.85. The summed E-state index contributed by atoms with van der Waals surface area (Å²) in [5, 5.41) is 1.08. The molecule has 0 amide bonds. The second-order valence-corrected chi connectivity index (χ2v) is 7.45. The lowest BCUT2D eigenvalue weighted by atomic mass is 10.1. The zero-order valence-electron chi connectivity index (χ0n) is 14.0. The summed E-state index contributed by atoms with van der Waals surface area (Å²) in [7, 11) is 0. The van der Waals surface area contributed by atoms with Crippen molar-refractivity contribution < 1.29 is 0 Å².